The molecule has 0 radical (unpaired) electrons. The number of nitro benzene ring substituents is 2. The van der Waals surface area contributed by atoms with Gasteiger partial charge in [-0.15, -0.1) is 0 Å². The maximum absolute atomic E-state index is 12.1. The Balaban J connectivity index is -0.000000259. The maximum atomic E-state index is 12.1. The Labute approximate surface area is 504 Å². The van der Waals surface area contributed by atoms with Crippen LogP contribution >= 0.6 is 0 Å². The SMILES string of the molecule is CN(C)C=O.CN(C)C=O.CN(C)C=O.CN(C)C=O.O=[N+]([O-])c1ccc(/C([O-])=N/N=C/c2ccc(OCc3ccccc3)cc2[O-])cc1.O=[N+]([O-])c1ccc(/C([O-])=N/N=C/c2ccc(OCc3ccccc3)cc2[O-])cc1.[Ni+2].[Ni+2].[OH3+].[OH3+].[OH3+].[OH3+]. The van der Waals surface area contributed by atoms with E-state index in [1.54, 1.807) is 68.5 Å². The van der Waals surface area contributed by atoms with Crippen LogP contribution < -0.4 is 29.9 Å². The van der Waals surface area contributed by atoms with Crippen molar-refractivity contribution < 1.29 is 114 Å². The fourth-order valence-corrected chi connectivity index (χ4v) is 4.76. The van der Waals surface area contributed by atoms with Gasteiger partial charge in [0.05, 0.1) is 22.3 Å². The summed E-state index contributed by atoms with van der Waals surface area (Å²) in [6, 6.07) is 38.1. The zero-order valence-electron chi connectivity index (χ0n) is 46.9. The van der Waals surface area contributed by atoms with Crippen LogP contribution in [-0.4, -0.2) is 136 Å². The first-order valence-electron chi connectivity index (χ1n) is 22.6. The number of benzene rings is 6. The third-order valence-corrected chi connectivity index (χ3v) is 8.65. The quantitative estimate of drug-likeness (QED) is 0.0206. The van der Waals surface area contributed by atoms with Crippen LogP contribution in [-0.2, 0) is 87.3 Å². The molecule has 6 rings (SSSR count). The zero-order chi connectivity index (χ0) is 58.4. The third kappa shape index (κ3) is 38.0. The Kier molecular flexibility index (Phi) is 50.1. The molecule has 28 nitrogen and oxygen atoms in total. The Morgan fingerprint density at radius 1 is 0.452 bits per heavy atom. The first-order valence-corrected chi connectivity index (χ1v) is 22.6. The fourth-order valence-electron chi connectivity index (χ4n) is 4.76. The monoisotopic (exact) mass is 1260 g/mol. The largest absolute Gasteiger partial charge is 2.00 e. The van der Waals surface area contributed by atoms with Crippen molar-refractivity contribution in [2.75, 3.05) is 56.4 Å². The van der Waals surface area contributed by atoms with Crippen LogP contribution in [0.2, 0.25) is 0 Å². The molecule has 12 N–H and O–H groups in total. The van der Waals surface area contributed by atoms with E-state index < -0.39 is 21.6 Å². The van der Waals surface area contributed by atoms with Crippen LogP contribution in [0.3, 0.4) is 0 Å². The van der Waals surface area contributed by atoms with Crippen molar-refractivity contribution in [1.82, 2.24) is 19.6 Å². The number of non-ortho nitro benzene ring substituents is 2. The molecule has 0 saturated carbocycles. The number of nitro groups is 2. The normalized spacial score (nSPS) is 9.57. The van der Waals surface area contributed by atoms with Crippen LogP contribution in [0.5, 0.6) is 23.0 Å². The molecule has 30 heteroatoms. The molecule has 84 heavy (non-hydrogen) atoms. The number of hydrogen-bond acceptors (Lipinski definition) is 18. The molecule has 460 valence electrons. The van der Waals surface area contributed by atoms with Crippen molar-refractivity contribution in [3.8, 4) is 23.0 Å². The molecule has 0 spiro atoms. The van der Waals surface area contributed by atoms with Gasteiger partial charge in [0.1, 0.15) is 24.7 Å². The van der Waals surface area contributed by atoms with Gasteiger partial charge in [-0.3, -0.25) is 39.4 Å². The van der Waals surface area contributed by atoms with E-state index in [1.807, 2.05) is 60.7 Å². The number of hydrogen-bond donors (Lipinski definition) is 0. The molecule has 4 amide bonds. The minimum absolute atomic E-state index is 0. The van der Waals surface area contributed by atoms with Crippen molar-refractivity contribution in [2.45, 2.75) is 13.2 Å². The second kappa shape index (κ2) is 49.1. The van der Waals surface area contributed by atoms with Crippen molar-refractivity contribution in [3.63, 3.8) is 0 Å². The maximum Gasteiger partial charge on any atom is 2.00 e. The molecule has 0 heterocycles. The van der Waals surface area contributed by atoms with E-state index in [0.717, 1.165) is 36.8 Å². The van der Waals surface area contributed by atoms with Gasteiger partial charge < -0.3 is 71.4 Å². The number of carbonyl (C=O) groups is 4. The van der Waals surface area contributed by atoms with Crippen LogP contribution in [0.25, 0.3) is 0 Å². The van der Waals surface area contributed by atoms with Crippen molar-refractivity contribution in [1.29, 1.82) is 0 Å². The summed E-state index contributed by atoms with van der Waals surface area (Å²) < 4.78 is 11.2. The van der Waals surface area contributed by atoms with Crippen LogP contribution in [0.4, 0.5) is 11.4 Å². The summed E-state index contributed by atoms with van der Waals surface area (Å²) in [6.07, 6.45) is 5.35. The molecular weight excluding hydrogens is 1190 g/mol. The fraction of sp³-hybridized carbons (Fsp3) is 0.185. The molecule has 0 atom stereocenters. The van der Waals surface area contributed by atoms with E-state index in [9.17, 15) is 59.8 Å². The average molecular weight is 1260 g/mol. The average Bonchev–Trinajstić information content (AvgIpc) is 3.44. The minimum Gasteiger partial charge on any atom is -0.872 e. The van der Waals surface area contributed by atoms with E-state index >= 15 is 0 Å². The molecule has 0 bridgehead atoms. The summed E-state index contributed by atoms with van der Waals surface area (Å²) in [5, 5.41) is 83.6. The molecule has 6 aromatic carbocycles. The molecule has 0 aliphatic heterocycles. The van der Waals surface area contributed by atoms with E-state index in [-0.39, 0.29) is 100 Å². The van der Waals surface area contributed by atoms with E-state index in [0.29, 0.717) is 24.7 Å². The Morgan fingerprint density at radius 3 is 0.940 bits per heavy atom. The van der Waals surface area contributed by atoms with Crippen molar-refractivity contribution in [3.05, 3.63) is 199 Å². The number of ether oxygens (including phenoxy) is 2. The summed E-state index contributed by atoms with van der Waals surface area (Å²) in [4.78, 5) is 63.6. The molecule has 0 aliphatic carbocycles. The Hall–Kier alpha value is -9.69. The van der Waals surface area contributed by atoms with Gasteiger partial charge in [0.2, 0.25) is 25.6 Å². The van der Waals surface area contributed by atoms with Gasteiger partial charge in [0.15, 0.2) is 0 Å². The zero-order valence-corrected chi connectivity index (χ0v) is 48.8. The molecular formula is C54H70N10Ni2O18+4. The summed E-state index contributed by atoms with van der Waals surface area (Å²) in [5.41, 5.74) is 2.50. The predicted molar refractivity (Wildman–Crippen MR) is 306 cm³/mol. The molecule has 0 fully saturated rings. The van der Waals surface area contributed by atoms with Crippen molar-refractivity contribution in [2.24, 2.45) is 20.4 Å². The number of nitrogens with zero attached hydrogens (tertiary/aromatic N) is 10. The Morgan fingerprint density at radius 2 is 0.714 bits per heavy atom. The predicted octanol–water partition coefficient (Wildman–Crippen LogP) is -0.0982. The third-order valence-electron chi connectivity index (χ3n) is 8.65. The molecule has 0 aliphatic rings. The van der Waals surface area contributed by atoms with Crippen molar-refractivity contribution >= 4 is 61.2 Å². The smallest absolute Gasteiger partial charge is 0.872 e. The second-order valence-corrected chi connectivity index (χ2v) is 16.1. The van der Waals surface area contributed by atoms with Gasteiger partial charge in [0.25, 0.3) is 11.4 Å². The van der Waals surface area contributed by atoms with Crippen LogP contribution in [0.1, 0.15) is 33.4 Å². The van der Waals surface area contributed by atoms with E-state index in [2.05, 4.69) is 20.4 Å². The molecule has 0 saturated heterocycles. The van der Waals surface area contributed by atoms with Gasteiger partial charge in [-0.05, 0) is 81.9 Å². The molecule has 0 aromatic heterocycles. The summed E-state index contributed by atoms with van der Waals surface area (Å²) in [7, 11) is 13.5. The summed E-state index contributed by atoms with van der Waals surface area (Å²) in [6.45, 7) is 0.680. The summed E-state index contributed by atoms with van der Waals surface area (Å²) >= 11 is 0. The Bertz CT molecular complexity index is 2690. The standard InChI is InChI=1S/2C21H17N3O5.4C3H7NO.2Ni.4H2O/c2*25-20-12-19(29-14-15-4-2-1-3-5-15)11-8-17(20)13-22-23-21(26)16-6-9-18(10-7-16)24(27)28;4*1-4(2)3-5;;;;;;/h2*1-13,25H,14H2,(H,23,26);4*3H,1-2H3;;;4*1H2/q;;;;;;2*+2;;;;/b2*22-13+;;;;;;;;;;. The van der Waals surface area contributed by atoms with Crippen LogP contribution in [0.15, 0.2) is 166 Å². The van der Waals surface area contributed by atoms with Gasteiger partial charge in [0, 0.05) is 92.4 Å². The first-order chi connectivity index (χ1) is 37.1. The summed E-state index contributed by atoms with van der Waals surface area (Å²) in [5.74, 6) is -1.14. The number of rotatable bonds is 18. The molecule has 6 aromatic rings. The first kappa shape index (κ1) is 85.6. The number of amides is 4. The van der Waals surface area contributed by atoms with E-state index in [1.165, 1.54) is 105 Å². The topological polar surface area (TPSA) is 460 Å². The van der Waals surface area contributed by atoms with Gasteiger partial charge in [-0.25, -0.2) is 0 Å². The second-order valence-electron chi connectivity index (χ2n) is 16.1. The van der Waals surface area contributed by atoms with Gasteiger partial charge >= 0.3 is 33.0 Å². The van der Waals surface area contributed by atoms with E-state index in [4.69, 9.17) is 9.47 Å². The number of carbonyl (C=O) groups excluding carboxylic acids is 4. The molecule has 0 unspecified atom stereocenters. The van der Waals surface area contributed by atoms with Gasteiger partial charge in [-0.2, -0.15) is 20.4 Å². The van der Waals surface area contributed by atoms with Crippen LogP contribution in [0, 0.1) is 20.2 Å². The van der Waals surface area contributed by atoms with Gasteiger partial charge in [-0.1, -0.05) is 84.3 Å². The minimum atomic E-state index is -0.675.